The van der Waals surface area contributed by atoms with Crippen LogP contribution in [-0.2, 0) is 0 Å². The summed E-state index contributed by atoms with van der Waals surface area (Å²) in [7, 11) is 0.753. The van der Waals surface area contributed by atoms with Gasteiger partial charge in [-0.1, -0.05) is 313 Å². The van der Waals surface area contributed by atoms with E-state index in [1.54, 1.807) is 0 Å². The van der Waals surface area contributed by atoms with Gasteiger partial charge in [0.15, 0.2) is 0 Å². The van der Waals surface area contributed by atoms with Crippen LogP contribution in [0.15, 0.2) is 386 Å². The van der Waals surface area contributed by atoms with Gasteiger partial charge < -0.3 is 27.3 Å². The van der Waals surface area contributed by atoms with E-state index in [0.717, 1.165) is 161 Å². The minimum atomic E-state index is 0.657. The van der Waals surface area contributed by atoms with Crippen molar-refractivity contribution in [2.24, 2.45) is 0 Å². The van der Waals surface area contributed by atoms with Gasteiger partial charge in [0.05, 0.1) is 0 Å². The maximum Gasteiger partial charge on any atom is 0.569 e. The molecule has 0 fully saturated rings. The van der Waals surface area contributed by atoms with Crippen molar-refractivity contribution in [3.05, 3.63) is 368 Å². The van der Waals surface area contributed by atoms with Crippen molar-refractivity contribution in [3.8, 4) is 83.6 Å². The van der Waals surface area contributed by atoms with E-state index < -0.39 is 0 Å². The van der Waals surface area contributed by atoms with Crippen LogP contribution >= 0.6 is 15.9 Å². The van der Waals surface area contributed by atoms with Gasteiger partial charge in [-0.15, -0.1) is 0 Å². The lowest BCUT2D eigenvalue weighted by Crippen LogP contribution is -2.01. The second kappa shape index (κ2) is 26.9. The number of furan rings is 4. The van der Waals surface area contributed by atoms with Crippen LogP contribution < -0.4 is 4.65 Å². The molecule has 0 aliphatic carbocycles. The van der Waals surface area contributed by atoms with Gasteiger partial charge in [0.2, 0.25) is 0 Å². The van der Waals surface area contributed by atoms with Crippen molar-refractivity contribution in [2.75, 3.05) is 0 Å². The Morgan fingerprint density at radius 1 is 0.213 bits per heavy atom. The van der Waals surface area contributed by atoms with Gasteiger partial charge in [-0.3, -0.25) is 0 Å². The number of fused-ring (bicyclic) bond motifs is 16. The highest BCUT2D eigenvalue weighted by atomic mass is 79.9. The maximum absolute atomic E-state index is 9.42. The highest BCUT2D eigenvalue weighted by molar-refractivity contribution is 9.10. The van der Waals surface area contributed by atoms with E-state index in [4.69, 9.17) is 22.3 Å². The molecule has 0 aliphatic rings. The Balaban J connectivity index is 0.000000118. The first-order valence-corrected chi connectivity index (χ1v) is 36.9. The molecule has 0 spiro atoms. The first-order valence-electron chi connectivity index (χ1n) is 36.1. The van der Waals surface area contributed by atoms with Gasteiger partial charge in [-0.05, 0) is 166 Å². The smallest absolute Gasteiger partial charge is 0.537 e. The zero-order valence-corrected chi connectivity index (χ0v) is 59.7. The first kappa shape index (κ1) is 64.1. The summed E-state index contributed by atoms with van der Waals surface area (Å²) < 4.78 is 31.3. The summed E-state index contributed by atoms with van der Waals surface area (Å²) in [6, 6.07) is 127. The predicted octanol–water partition coefficient (Wildman–Crippen LogP) is 28.6. The highest BCUT2D eigenvalue weighted by Crippen LogP contribution is 2.48. The molecule has 0 saturated carbocycles. The molecule has 4 aromatic heterocycles. The quantitative estimate of drug-likeness (QED) is 0.115. The van der Waals surface area contributed by atoms with E-state index in [9.17, 15) is 5.02 Å². The third kappa shape index (κ3) is 11.2. The molecule has 507 valence electrons. The number of halogens is 1. The number of hydrogen-bond acceptors (Lipinski definition) is 6. The van der Waals surface area contributed by atoms with Crippen LogP contribution in [0.2, 0.25) is 0 Å². The van der Waals surface area contributed by atoms with Crippen molar-refractivity contribution >= 4 is 154 Å². The number of rotatable bonds is 9. The molecule has 22 aromatic rings. The fourth-order valence-electron chi connectivity index (χ4n) is 16.2. The largest absolute Gasteiger partial charge is 0.569 e. The maximum atomic E-state index is 9.42. The van der Waals surface area contributed by atoms with E-state index >= 15 is 0 Å². The summed E-state index contributed by atoms with van der Waals surface area (Å²) in [5.41, 5.74) is 23.7. The van der Waals surface area contributed by atoms with E-state index in [-0.39, 0.29) is 0 Å². The standard InChI is InChI=1S/C50H30O2.C32H20BO3.C18H11BrO/c1-3-17-41-39(15-1)48(32-25-23-31(24-26-32)33-27-28-47-44(30-33)38-14-6-7-21-45(38)51-47)40-16-2-4-18-42(40)49(41)35-12-9-11-34(29-35)36-19-10-20-43-37-13-5-8-22-46(37)52-50(36)43;34-33-36-32-26-10-3-1-8-24(26)31(25-9-2-4-11-27(25)32)21-15-13-20(14-16-21)22-17-18-30-28(19-22)23-7-5-6-12-29(23)35-30;19-13-6-3-5-12(11-13)14-8-4-9-16-15-7-1-2-10-17(15)20-18(14)16/h1-30H;1-19,34H;1-11H. The second-order valence-corrected chi connectivity index (χ2v) is 28.2. The van der Waals surface area contributed by atoms with Gasteiger partial charge in [-0.25, -0.2) is 0 Å². The van der Waals surface area contributed by atoms with Crippen LogP contribution in [0.25, 0.3) is 209 Å². The summed E-state index contributed by atoms with van der Waals surface area (Å²) in [4.78, 5) is 0. The molecule has 0 atom stereocenters. The molecule has 0 unspecified atom stereocenters. The lowest BCUT2D eigenvalue weighted by molar-refractivity contribution is 0.459. The fourth-order valence-corrected chi connectivity index (χ4v) is 16.6. The van der Waals surface area contributed by atoms with E-state index in [0.29, 0.717) is 5.75 Å². The molecule has 4 heterocycles. The molecule has 1 radical (unpaired) electrons. The van der Waals surface area contributed by atoms with Crippen molar-refractivity contribution in [2.45, 2.75) is 0 Å². The van der Waals surface area contributed by atoms with Gasteiger partial charge in [0.25, 0.3) is 0 Å². The molecular weight excluding hydrogens is 1390 g/mol. The molecule has 108 heavy (non-hydrogen) atoms. The molecule has 0 aliphatic heterocycles. The Kier molecular flexibility index (Phi) is 16.0. The van der Waals surface area contributed by atoms with Gasteiger partial charge >= 0.3 is 7.69 Å². The molecule has 0 bridgehead atoms. The summed E-state index contributed by atoms with van der Waals surface area (Å²) >= 11 is 3.53. The van der Waals surface area contributed by atoms with Crippen LogP contribution in [0, 0.1) is 0 Å². The summed E-state index contributed by atoms with van der Waals surface area (Å²) in [5, 5.41) is 27.6. The average molecular weight is 1450 g/mol. The van der Waals surface area contributed by atoms with E-state index in [2.05, 4.69) is 271 Å². The number of para-hydroxylation sites is 6. The van der Waals surface area contributed by atoms with Crippen LogP contribution in [0.5, 0.6) is 5.75 Å². The van der Waals surface area contributed by atoms with Crippen molar-refractivity contribution in [3.63, 3.8) is 0 Å². The van der Waals surface area contributed by atoms with E-state index in [1.165, 1.54) is 60.3 Å². The minimum Gasteiger partial charge on any atom is -0.537 e. The Morgan fingerprint density at radius 2 is 0.509 bits per heavy atom. The van der Waals surface area contributed by atoms with Crippen molar-refractivity contribution < 1.29 is 27.3 Å². The lowest BCUT2D eigenvalue weighted by atomic mass is 9.85. The Hall–Kier alpha value is -13.5. The van der Waals surface area contributed by atoms with Crippen LogP contribution in [0.1, 0.15) is 0 Å². The zero-order chi connectivity index (χ0) is 71.8. The molecule has 8 heteroatoms. The second-order valence-electron chi connectivity index (χ2n) is 27.3. The molecule has 0 saturated heterocycles. The van der Waals surface area contributed by atoms with Crippen LogP contribution in [0.4, 0.5) is 0 Å². The molecule has 22 rings (SSSR count). The van der Waals surface area contributed by atoms with Gasteiger partial charge in [0, 0.05) is 69.5 Å². The third-order valence-corrected chi connectivity index (χ3v) is 21.7. The lowest BCUT2D eigenvalue weighted by Gasteiger charge is -2.18. The molecule has 0 amide bonds. The van der Waals surface area contributed by atoms with Gasteiger partial charge in [0.1, 0.15) is 50.4 Å². The third-order valence-electron chi connectivity index (χ3n) is 21.2. The number of hydrogen-bond donors (Lipinski definition) is 1. The van der Waals surface area contributed by atoms with Crippen LogP contribution in [-0.4, -0.2) is 12.7 Å². The Bertz CT molecular complexity index is 7170. The Labute approximate surface area is 629 Å². The first-order chi connectivity index (χ1) is 53.4. The molecule has 18 aromatic carbocycles. The highest BCUT2D eigenvalue weighted by Gasteiger charge is 2.22. The summed E-state index contributed by atoms with van der Waals surface area (Å²) in [5.74, 6) is 0.657. The molecule has 6 nitrogen and oxygen atoms in total. The van der Waals surface area contributed by atoms with Crippen molar-refractivity contribution in [1.29, 1.82) is 0 Å². The SMILES string of the molecule is Brc1cccc(-c2cccc3c2oc2ccccc23)c1.O[B]Oc1c2ccccc2c(-c2ccc(-c3ccc4oc5ccccc5c4c3)cc2)c2ccccc12.c1cc(-c2c3ccccc3c(-c3ccc(-c4ccc5oc6ccccc6c5c4)cc3)c3ccccc23)cc(-c2cccc3c2oc2ccccc23)c1. The monoisotopic (exact) mass is 1450 g/mol. The van der Waals surface area contributed by atoms with Crippen LogP contribution in [0.3, 0.4) is 0 Å². The van der Waals surface area contributed by atoms with Gasteiger partial charge in [-0.2, -0.15) is 0 Å². The fraction of sp³-hybridized carbons (Fsp3) is 0. The number of benzene rings is 18. The molecular formula is C100H61BBrO6. The summed E-state index contributed by atoms with van der Waals surface area (Å²) in [6.07, 6.45) is 0. The zero-order valence-electron chi connectivity index (χ0n) is 58.1. The topological polar surface area (TPSA) is 82.0 Å². The van der Waals surface area contributed by atoms with E-state index in [1.807, 2.05) is 109 Å². The normalized spacial score (nSPS) is 11.6. The minimum absolute atomic E-state index is 0.657. The summed E-state index contributed by atoms with van der Waals surface area (Å²) in [6.45, 7) is 0. The average Bonchev–Trinajstić information content (AvgIpc) is 1.40. The predicted molar refractivity (Wildman–Crippen MR) is 453 cm³/mol. The Morgan fingerprint density at radius 3 is 0.926 bits per heavy atom. The van der Waals surface area contributed by atoms with Crippen molar-refractivity contribution in [1.82, 2.24) is 0 Å². The molecule has 1 N–H and O–H groups in total.